The van der Waals surface area contributed by atoms with E-state index in [-0.39, 0.29) is 10.2 Å². The molecule has 0 amide bonds. The molecule has 0 heterocycles. The Balaban J connectivity index is 2.05. The Bertz CT molecular complexity index is 925. The molecular formula is C27H28O2S2. The molecule has 0 bridgehead atoms. The highest BCUT2D eigenvalue weighted by molar-refractivity contribution is 8.15. The molecule has 160 valence electrons. The summed E-state index contributed by atoms with van der Waals surface area (Å²) >= 11 is 2.38. The molecular weight excluding hydrogens is 420 g/mol. The van der Waals surface area contributed by atoms with Crippen LogP contribution in [0.15, 0.2) is 62.7 Å². The standard InChI is InChI=1S/C27H28O2S2/c1-6-19-11-13-21(8-3)23(15-19)17-30-26(28)25(10-5)27(29)31-18-24-16-20(7-2)12-14-22(24)9-4/h6-9,11-16,25H,1-4,10,17-18H2,5H3. The van der Waals surface area contributed by atoms with Crippen molar-refractivity contribution in [3.8, 4) is 0 Å². The van der Waals surface area contributed by atoms with Crippen molar-refractivity contribution in [2.24, 2.45) is 5.92 Å². The molecule has 0 N–H and O–H groups in total. The number of hydrogen-bond donors (Lipinski definition) is 0. The molecule has 0 aliphatic rings. The molecule has 0 atom stereocenters. The zero-order valence-electron chi connectivity index (χ0n) is 17.9. The first kappa shape index (κ1) is 24.7. The van der Waals surface area contributed by atoms with Gasteiger partial charge in [-0.2, -0.15) is 0 Å². The lowest BCUT2D eigenvalue weighted by Gasteiger charge is -2.14. The van der Waals surface area contributed by atoms with E-state index >= 15 is 0 Å². The van der Waals surface area contributed by atoms with E-state index in [2.05, 4.69) is 26.3 Å². The van der Waals surface area contributed by atoms with Gasteiger partial charge in [0.15, 0.2) is 0 Å². The van der Waals surface area contributed by atoms with Crippen molar-refractivity contribution in [1.29, 1.82) is 0 Å². The number of carbonyl (C=O) groups excluding carboxylic acids is 2. The Labute approximate surface area is 194 Å². The van der Waals surface area contributed by atoms with Gasteiger partial charge in [-0.25, -0.2) is 0 Å². The van der Waals surface area contributed by atoms with E-state index in [0.717, 1.165) is 33.4 Å². The van der Waals surface area contributed by atoms with Crippen LogP contribution >= 0.6 is 23.5 Å². The molecule has 0 aromatic heterocycles. The number of benzene rings is 2. The van der Waals surface area contributed by atoms with E-state index in [1.807, 2.05) is 43.3 Å². The van der Waals surface area contributed by atoms with Crippen LogP contribution in [0, 0.1) is 5.92 Å². The monoisotopic (exact) mass is 448 g/mol. The highest BCUT2D eigenvalue weighted by Gasteiger charge is 2.25. The predicted molar refractivity (Wildman–Crippen MR) is 140 cm³/mol. The Morgan fingerprint density at radius 3 is 1.52 bits per heavy atom. The van der Waals surface area contributed by atoms with Crippen LogP contribution in [0.4, 0.5) is 0 Å². The highest BCUT2D eigenvalue weighted by Crippen LogP contribution is 2.28. The van der Waals surface area contributed by atoms with Crippen molar-refractivity contribution in [3.63, 3.8) is 0 Å². The molecule has 2 aromatic carbocycles. The SMILES string of the molecule is C=Cc1ccc(C=C)c(CSC(=O)C(CC)C(=O)SCc2cc(C=C)ccc2C=C)c1. The molecule has 0 aliphatic heterocycles. The maximum Gasteiger partial charge on any atom is 0.200 e. The third-order valence-electron chi connectivity index (χ3n) is 4.96. The summed E-state index contributed by atoms with van der Waals surface area (Å²) in [6.45, 7) is 17.2. The van der Waals surface area contributed by atoms with E-state index < -0.39 is 5.92 Å². The van der Waals surface area contributed by atoms with Gasteiger partial charge in [-0.15, -0.1) is 0 Å². The van der Waals surface area contributed by atoms with E-state index in [1.165, 1.54) is 23.5 Å². The van der Waals surface area contributed by atoms with Crippen LogP contribution in [0.5, 0.6) is 0 Å². The molecule has 0 saturated carbocycles. The van der Waals surface area contributed by atoms with Crippen LogP contribution in [0.1, 0.15) is 46.7 Å². The molecule has 0 unspecified atom stereocenters. The average molecular weight is 449 g/mol. The van der Waals surface area contributed by atoms with Gasteiger partial charge in [-0.3, -0.25) is 9.59 Å². The largest absolute Gasteiger partial charge is 0.286 e. The fourth-order valence-corrected chi connectivity index (χ4v) is 5.20. The first-order valence-electron chi connectivity index (χ1n) is 10.1. The molecule has 2 aromatic rings. The zero-order valence-corrected chi connectivity index (χ0v) is 19.6. The molecule has 31 heavy (non-hydrogen) atoms. The number of thioether (sulfide) groups is 2. The minimum Gasteiger partial charge on any atom is -0.286 e. The molecule has 0 spiro atoms. The molecule has 2 rings (SSSR count). The lowest BCUT2D eigenvalue weighted by atomic mass is 10.1. The second kappa shape index (κ2) is 12.3. The summed E-state index contributed by atoms with van der Waals surface area (Å²) in [4.78, 5) is 25.7. The highest BCUT2D eigenvalue weighted by atomic mass is 32.2. The van der Waals surface area contributed by atoms with E-state index in [9.17, 15) is 9.59 Å². The predicted octanol–water partition coefficient (Wildman–Crippen LogP) is 7.50. The van der Waals surface area contributed by atoms with Crippen LogP contribution in [0.3, 0.4) is 0 Å². The summed E-state index contributed by atoms with van der Waals surface area (Å²) in [5.74, 6) is 0.371. The molecule has 4 heteroatoms. The maximum atomic E-state index is 12.8. The summed E-state index contributed by atoms with van der Waals surface area (Å²) in [6.07, 6.45) is 7.59. The summed E-state index contributed by atoms with van der Waals surface area (Å²) in [5.41, 5.74) is 5.98. The van der Waals surface area contributed by atoms with Crippen molar-refractivity contribution in [2.75, 3.05) is 0 Å². The van der Waals surface area contributed by atoms with Crippen molar-refractivity contribution in [3.05, 3.63) is 96.1 Å². The van der Waals surface area contributed by atoms with Gasteiger partial charge < -0.3 is 0 Å². The Hall–Kier alpha value is -2.56. The lowest BCUT2D eigenvalue weighted by molar-refractivity contribution is -0.123. The molecule has 2 nitrogen and oxygen atoms in total. The topological polar surface area (TPSA) is 34.1 Å². The molecule has 0 radical (unpaired) electrons. The van der Waals surface area contributed by atoms with Gasteiger partial charge in [-0.05, 0) is 39.8 Å². The van der Waals surface area contributed by atoms with Gasteiger partial charge in [0.1, 0.15) is 0 Å². The van der Waals surface area contributed by atoms with Gasteiger partial charge >= 0.3 is 0 Å². The van der Waals surface area contributed by atoms with Gasteiger partial charge in [0.05, 0.1) is 5.92 Å². The van der Waals surface area contributed by atoms with E-state index in [1.54, 1.807) is 24.3 Å². The van der Waals surface area contributed by atoms with E-state index in [4.69, 9.17) is 0 Å². The molecule has 0 aliphatic carbocycles. The summed E-state index contributed by atoms with van der Waals surface area (Å²) < 4.78 is 0. The Kier molecular flexibility index (Phi) is 9.83. The third-order valence-corrected chi connectivity index (χ3v) is 7.01. The van der Waals surface area contributed by atoms with Crippen LogP contribution in [0.25, 0.3) is 24.3 Å². The van der Waals surface area contributed by atoms with Gasteiger partial charge in [-0.1, -0.05) is 117 Å². The zero-order chi connectivity index (χ0) is 22.8. The summed E-state index contributed by atoms with van der Waals surface area (Å²) in [5, 5.41) is -0.189. The summed E-state index contributed by atoms with van der Waals surface area (Å²) in [7, 11) is 0. The number of hydrogen-bond acceptors (Lipinski definition) is 4. The van der Waals surface area contributed by atoms with Crippen LogP contribution < -0.4 is 0 Å². The second-order valence-corrected chi connectivity index (χ2v) is 8.87. The summed E-state index contributed by atoms with van der Waals surface area (Å²) in [6, 6.07) is 11.9. The van der Waals surface area contributed by atoms with Crippen LogP contribution in [0.2, 0.25) is 0 Å². The molecule has 0 saturated heterocycles. The smallest absolute Gasteiger partial charge is 0.200 e. The van der Waals surface area contributed by atoms with Crippen molar-refractivity contribution in [1.82, 2.24) is 0 Å². The van der Waals surface area contributed by atoms with Crippen LogP contribution in [-0.4, -0.2) is 10.2 Å². The molecule has 0 fully saturated rings. The minimum atomic E-state index is -0.625. The minimum absolute atomic E-state index is 0.0946. The first-order valence-corrected chi connectivity index (χ1v) is 12.0. The quantitative estimate of drug-likeness (QED) is 0.333. The van der Waals surface area contributed by atoms with Gasteiger partial charge in [0, 0.05) is 11.5 Å². The third kappa shape index (κ3) is 6.71. The second-order valence-electron chi connectivity index (χ2n) is 6.91. The van der Waals surface area contributed by atoms with Gasteiger partial charge in [0.2, 0.25) is 10.2 Å². The van der Waals surface area contributed by atoms with E-state index in [0.29, 0.717) is 17.9 Å². The average Bonchev–Trinajstić information content (AvgIpc) is 2.81. The van der Waals surface area contributed by atoms with Crippen molar-refractivity contribution >= 4 is 58.1 Å². The fraction of sp³-hybridized carbons (Fsp3) is 0.185. The normalized spacial score (nSPS) is 10.5. The van der Waals surface area contributed by atoms with Gasteiger partial charge in [0.25, 0.3) is 0 Å². The van der Waals surface area contributed by atoms with Crippen molar-refractivity contribution < 1.29 is 9.59 Å². The number of rotatable bonds is 11. The van der Waals surface area contributed by atoms with Crippen LogP contribution in [-0.2, 0) is 21.1 Å². The van der Waals surface area contributed by atoms with Crippen molar-refractivity contribution in [2.45, 2.75) is 24.9 Å². The first-order chi connectivity index (χ1) is 15.0. The maximum absolute atomic E-state index is 12.8. The Morgan fingerprint density at radius 2 is 1.19 bits per heavy atom. The lowest BCUT2D eigenvalue weighted by Crippen LogP contribution is -2.19. The fourth-order valence-electron chi connectivity index (χ4n) is 3.08. The number of carbonyl (C=O) groups is 2. The Morgan fingerprint density at radius 1 is 0.774 bits per heavy atom.